The highest BCUT2D eigenvalue weighted by Crippen LogP contribution is 2.56. The van der Waals surface area contributed by atoms with Crippen molar-refractivity contribution < 1.29 is 19.1 Å². The third-order valence-electron chi connectivity index (χ3n) is 2.86. The van der Waals surface area contributed by atoms with Crippen molar-refractivity contribution in [1.82, 2.24) is 0 Å². The SMILES string of the molecule is [B]C1CC(CO)C(COP(=O)(O)SCC)C1. The van der Waals surface area contributed by atoms with E-state index < -0.39 is 6.80 Å². The molecule has 2 radical (unpaired) electrons. The highest BCUT2D eigenvalue weighted by atomic mass is 32.7. The molecule has 1 saturated carbocycles. The maximum absolute atomic E-state index is 11.4. The third kappa shape index (κ3) is 4.42. The van der Waals surface area contributed by atoms with Gasteiger partial charge < -0.3 is 14.5 Å². The van der Waals surface area contributed by atoms with Gasteiger partial charge in [-0.3, -0.25) is 0 Å². The average Bonchev–Trinajstić information content (AvgIpc) is 2.56. The van der Waals surface area contributed by atoms with Crippen LogP contribution in [0.3, 0.4) is 0 Å². The fourth-order valence-electron chi connectivity index (χ4n) is 2.08. The van der Waals surface area contributed by atoms with Crippen molar-refractivity contribution in [2.75, 3.05) is 19.0 Å². The van der Waals surface area contributed by atoms with Crippen LogP contribution in [0, 0.1) is 11.8 Å². The minimum atomic E-state index is -3.51. The summed E-state index contributed by atoms with van der Waals surface area (Å²) in [6.45, 7) is -1.43. The highest BCUT2D eigenvalue weighted by Gasteiger charge is 2.33. The van der Waals surface area contributed by atoms with Gasteiger partial charge in [0.25, 0.3) is 0 Å². The molecule has 0 aromatic rings. The maximum atomic E-state index is 11.4. The summed E-state index contributed by atoms with van der Waals surface area (Å²) in [7, 11) is 5.79. The molecule has 2 N–H and O–H groups in total. The quantitative estimate of drug-likeness (QED) is 0.566. The van der Waals surface area contributed by atoms with Crippen LogP contribution in [0.25, 0.3) is 0 Å². The monoisotopic (exact) mass is 264 g/mol. The van der Waals surface area contributed by atoms with Gasteiger partial charge in [0.1, 0.15) is 0 Å². The van der Waals surface area contributed by atoms with E-state index in [2.05, 4.69) is 0 Å². The van der Waals surface area contributed by atoms with E-state index in [1.165, 1.54) is 0 Å². The van der Waals surface area contributed by atoms with Crippen molar-refractivity contribution in [2.45, 2.75) is 25.6 Å². The average molecular weight is 264 g/mol. The van der Waals surface area contributed by atoms with Crippen LogP contribution in [0.5, 0.6) is 0 Å². The van der Waals surface area contributed by atoms with E-state index in [0.29, 0.717) is 5.75 Å². The molecule has 0 aliphatic heterocycles. The second-order valence-electron chi connectivity index (χ2n) is 4.12. The molecule has 0 amide bonds. The molecule has 0 bridgehead atoms. The summed E-state index contributed by atoms with van der Waals surface area (Å²) in [5.74, 6) is 0.809. The van der Waals surface area contributed by atoms with Gasteiger partial charge >= 0.3 is 6.80 Å². The van der Waals surface area contributed by atoms with E-state index >= 15 is 0 Å². The minimum absolute atomic E-state index is 0.0678. The van der Waals surface area contributed by atoms with Crippen LogP contribution in [0.2, 0.25) is 5.82 Å². The van der Waals surface area contributed by atoms with Crippen LogP contribution in [0.4, 0.5) is 0 Å². The molecule has 1 rings (SSSR count). The molecule has 0 spiro atoms. The van der Waals surface area contributed by atoms with Gasteiger partial charge in [0.2, 0.25) is 0 Å². The number of hydrogen-bond donors (Lipinski definition) is 2. The van der Waals surface area contributed by atoms with Crippen molar-refractivity contribution in [3.05, 3.63) is 0 Å². The van der Waals surface area contributed by atoms with Gasteiger partial charge in [-0.2, -0.15) is 0 Å². The molecule has 0 saturated heterocycles. The smallest absolute Gasteiger partial charge is 0.386 e. The van der Waals surface area contributed by atoms with Gasteiger partial charge in [0.05, 0.1) is 14.5 Å². The van der Waals surface area contributed by atoms with Crippen molar-refractivity contribution in [3.63, 3.8) is 0 Å². The fraction of sp³-hybridized carbons (Fsp3) is 1.00. The lowest BCUT2D eigenvalue weighted by Crippen LogP contribution is -2.16. The molecule has 0 aromatic heterocycles. The largest absolute Gasteiger partial charge is 0.396 e. The van der Waals surface area contributed by atoms with Crippen molar-refractivity contribution in [3.8, 4) is 0 Å². The predicted molar refractivity (Wildman–Crippen MR) is 66.7 cm³/mol. The Morgan fingerprint density at radius 2 is 2.12 bits per heavy atom. The van der Waals surface area contributed by atoms with Crippen LogP contribution < -0.4 is 0 Å². The molecule has 1 aliphatic carbocycles. The van der Waals surface area contributed by atoms with Crippen molar-refractivity contribution in [2.24, 2.45) is 11.8 Å². The normalized spacial score (nSPS) is 33.8. The predicted octanol–water partition coefficient (Wildman–Crippen LogP) is 1.83. The zero-order valence-corrected chi connectivity index (χ0v) is 11.1. The van der Waals surface area contributed by atoms with Gasteiger partial charge in [-0.25, -0.2) is 4.57 Å². The third-order valence-corrected chi connectivity index (χ3v) is 5.99. The molecule has 4 unspecified atom stereocenters. The van der Waals surface area contributed by atoms with Crippen LogP contribution in [0.1, 0.15) is 19.8 Å². The second kappa shape index (κ2) is 6.46. The zero-order valence-electron chi connectivity index (χ0n) is 9.41. The highest BCUT2D eigenvalue weighted by molar-refractivity contribution is 8.54. The van der Waals surface area contributed by atoms with E-state index in [1.807, 2.05) is 0 Å². The summed E-state index contributed by atoms with van der Waals surface area (Å²) in [4.78, 5) is 9.40. The first-order valence-corrected chi connectivity index (χ1v) is 8.63. The standard InChI is InChI=1S/C9H18BO4PS/c1-2-16-15(12,13)14-6-8-4-9(10)3-7(8)5-11/h7-9,11H,2-6H2,1H3,(H,12,13). The molecule has 4 nitrogen and oxygen atoms in total. The van der Waals surface area contributed by atoms with E-state index in [0.717, 1.165) is 24.2 Å². The summed E-state index contributed by atoms with van der Waals surface area (Å²) in [5.41, 5.74) is 0. The molecule has 1 fully saturated rings. The van der Waals surface area contributed by atoms with Crippen LogP contribution >= 0.6 is 18.2 Å². The Morgan fingerprint density at radius 1 is 1.50 bits per heavy atom. The first-order chi connectivity index (χ1) is 7.48. The Morgan fingerprint density at radius 3 is 2.69 bits per heavy atom. The van der Waals surface area contributed by atoms with E-state index in [1.54, 1.807) is 6.92 Å². The number of hydrogen-bond acceptors (Lipinski definition) is 4. The topological polar surface area (TPSA) is 66.8 Å². The summed E-state index contributed by atoms with van der Waals surface area (Å²) < 4.78 is 16.5. The Balaban J connectivity index is 2.39. The molecule has 1 aliphatic rings. The van der Waals surface area contributed by atoms with Crippen LogP contribution in [0.15, 0.2) is 0 Å². The Labute approximate surface area is 102 Å². The van der Waals surface area contributed by atoms with Gasteiger partial charge in [0, 0.05) is 12.4 Å². The zero-order chi connectivity index (χ0) is 12.2. The minimum Gasteiger partial charge on any atom is -0.396 e. The van der Waals surface area contributed by atoms with E-state index in [9.17, 15) is 9.46 Å². The lowest BCUT2D eigenvalue weighted by atomic mass is 9.85. The molecule has 4 atom stereocenters. The number of aliphatic hydroxyl groups is 1. The summed E-state index contributed by atoms with van der Waals surface area (Å²) in [6.07, 6.45) is 1.52. The second-order valence-corrected chi connectivity index (χ2v) is 8.31. The van der Waals surface area contributed by atoms with Gasteiger partial charge in [-0.1, -0.05) is 25.6 Å². The van der Waals surface area contributed by atoms with Gasteiger partial charge in [-0.05, 0) is 23.2 Å². The van der Waals surface area contributed by atoms with E-state index in [4.69, 9.17) is 17.5 Å². The molecule has 7 heteroatoms. The maximum Gasteiger partial charge on any atom is 0.386 e. The molecule has 16 heavy (non-hydrogen) atoms. The molecule has 0 aromatic carbocycles. The summed E-state index contributed by atoms with van der Waals surface area (Å²) >= 11 is 0.922. The van der Waals surface area contributed by atoms with E-state index in [-0.39, 0.29) is 30.9 Å². The van der Waals surface area contributed by atoms with Crippen molar-refractivity contribution >= 4 is 26.0 Å². The lowest BCUT2D eigenvalue weighted by molar-refractivity contribution is 0.146. The van der Waals surface area contributed by atoms with Crippen LogP contribution in [-0.2, 0) is 9.09 Å². The Bertz CT molecular complexity index is 266. The number of aliphatic hydroxyl groups excluding tert-OH is 1. The molecular weight excluding hydrogens is 246 g/mol. The summed E-state index contributed by atoms with van der Waals surface area (Å²) in [5, 5.41) is 9.14. The Hall–Kier alpha value is 0.525. The first-order valence-electron chi connectivity index (χ1n) is 5.46. The fourth-order valence-corrected chi connectivity index (χ4v) is 4.24. The van der Waals surface area contributed by atoms with Crippen molar-refractivity contribution in [1.29, 1.82) is 0 Å². The molecule has 92 valence electrons. The molecular formula is C9H18BO4PS. The number of rotatable bonds is 6. The van der Waals surface area contributed by atoms with Gasteiger partial charge in [0.15, 0.2) is 0 Å². The van der Waals surface area contributed by atoms with Gasteiger partial charge in [-0.15, -0.1) is 0 Å². The Kier molecular flexibility index (Phi) is 5.88. The summed E-state index contributed by atoms with van der Waals surface area (Å²) in [6, 6.07) is 0. The van der Waals surface area contributed by atoms with Crippen LogP contribution in [-0.4, -0.2) is 36.8 Å². The molecule has 0 heterocycles. The lowest BCUT2D eigenvalue weighted by Gasteiger charge is -2.18. The first kappa shape index (κ1) is 14.6.